The molecule has 1 saturated heterocycles. The Labute approximate surface area is 150 Å². The molecule has 0 spiro atoms. The topological polar surface area (TPSA) is 62.5 Å². The second kappa shape index (κ2) is 6.74. The summed E-state index contributed by atoms with van der Waals surface area (Å²) < 4.78 is 15.3. The second-order valence-corrected chi connectivity index (χ2v) is 6.67. The first-order chi connectivity index (χ1) is 12.6. The minimum absolute atomic E-state index is 0.0467. The Balaban J connectivity index is 1.49. The maximum Gasteiger partial charge on any atom is 0.231 e. The highest BCUT2D eigenvalue weighted by Gasteiger charge is 2.28. The molecule has 1 N–H and O–H groups in total. The summed E-state index contributed by atoms with van der Waals surface area (Å²) in [6.07, 6.45) is 3.65. The fraction of sp³-hybridized carbons (Fsp3) is 0.316. The fourth-order valence-electron chi connectivity index (χ4n) is 3.38. The monoisotopic (exact) mass is 353 g/mol. The van der Waals surface area contributed by atoms with E-state index in [1.54, 1.807) is 19.1 Å². The lowest BCUT2D eigenvalue weighted by Crippen LogP contribution is -2.41. The molecule has 0 saturated carbocycles. The molecule has 2 aromatic heterocycles. The normalized spacial score (nSPS) is 17.5. The van der Waals surface area contributed by atoms with E-state index in [1.165, 1.54) is 6.07 Å². The lowest BCUT2D eigenvalue weighted by atomic mass is 9.97. The Hall–Kier alpha value is -2.96. The van der Waals surface area contributed by atoms with Gasteiger partial charge in [0.1, 0.15) is 5.82 Å². The predicted molar refractivity (Wildman–Crippen MR) is 97.7 cm³/mol. The minimum atomic E-state index is -0.273. The van der Waals surface area contributed by atoms with Crippen LogP contribution in [-0.4, -0.2) is 33.6 Å². The Morgan fingerprint density at radius 3 is 3.00 bits per heavy atom. The molecule has 1 aromatic carbocycles. The number of hydrogen-bond acceptors (Lipinski definition) is 4. The Bertz CT molecular complexity index is 954. The van der Waals surface area contributed by atoms with Crippen LogP contribution in [0.25, 0.3) is 5.65 Å². The van der Waals surface area contributed by atoms with Crippen LogP contribution in [0.3, 0.4) is 0 Å². The number of fused-ring (bicyclic) bond motifs is 1. The van der Waals surface area contributed by atoms with Crippen molar-refractivity contribution in [2.24, 2.45) is 5.92 Å². The molecule has 1 amide bonds. The molecule has 3 aromatic rings. The van der Waals surface area contributed by atoms with Crippen molar-refractivity contribution in [3.63, 3.8) is 0 Å². The van der Waals surface area contributed by atoms with E-state index in [0.29, 0.717) is 17.8 Å². The number of aromatic nitrogens is 3. The zero-order valence-corrected chi connectivity index (χ0v) is 14.5. The third-order valence-electron chi connectivity index (χ3n) is 4.80. The SMILES string of the molecule is Cc1cc(NC(=O)C2CCCN(c3nnc4ccccn34)C2)ccc1F. The number of hydrogen-bond donors (Lipinski definition) is 1. The number of aryl methyl sites for hydroxylation is 1. The number of piperidine rings is 1. The molecule has 0 aliphatic carbocycles. The zero-order chi connectivity index (χ0) is 18.1. The lowest BCUT2D eigenvalue weighted by molar-refractivity contribution is -0.120. The Morgan fingerprint density at radius 2 is 2.15 bits per heavy atom. The van der Waals surface area contributed by atoms with Crippen molar-refractivity contribution >= 4 is 23.2 Å². The van der Waals surface area contributed by atoms with Crippen LogP contribution in [0.15, 0.2) is 42.6 Å². The average Bonchev–Trinajstić information content (AvgIpc) is 3.09. The molecular formula is C19H20FN5O. The summed E-state index contributed by atoms with van der Waals surface area (Å²) >= 11 is 0. The largest absolute Gasteiger partial charge is 0.340 e. The van der Waals surface area contributed by atoms with Crippen molar-refractivity contribution in [3.8, 4) is 0 Å². The molecule has 1 aliphatic rings. The highest BCUT2D eigenvalue weighted by molar-refractivity contribution is 5.93. The van der Waals surface area contributed by atoms with Crippen molar-refractivity contribution in [1.82, 2.24) is 14.6 Å². The third-order valence-corrected chi connectivity index (χ3v) is 4.80. The van der Waals surface area contributed by atoms with Crippen LogP contribution in [0, 0.1) is 18.7 Å². The Morgan fingerprint density at radius 1 is 1.27 bits per heavy atom. The van der Waals surface area contributed by atoms with E-state index in [2.05, 4.69) is 20.4 Å². The number of nitrogens with one attached hydrogen (secondary N) is 1. The average molecular weight is 353 g/mol. The van der Waals surface area contributed by atoms with Gasteiger partial charge in [-0.15, -0.1) is 10.2 Å². The van der Waals surface area contributed by atoms with Crippen LogP contribution < -0.4 is 10.2 Å². The number of amides is 1. The van der Waals surface area contributed by atoms with Gasteiger partial charge in [0.25, 0.3) is 0 Å². The van der Waals surface area contributed by atoms with Crippen molar-refractivity contribution in [2.45, 2.75) is 19.8 Å². The number of pyridine rings is 1. The molecule has 4 rings (SSSR count). The molecule has 26 heavy (non-hydrogen) atoms. The number of nitrogens with zero attached hydrogens (tertiary/aromatic N) is 4. The number of halogens is 1. The molecule has 134 valence electrons. The van der Waals surface area contributed by atoms with Crippen LogP contribution in [0.4, 0.5) is 16.0 Å². The van der Waals surface area contributed by atoms with E-state index in [9.17, 15) is 9.18 Å². The summed E-state index contributed by atoms with van der Waals surface area (Å²) in [6, 6.07) is 10.4. The van der Waals surface area contributed by atoms with Gasteiger partial charge in [0.15, 0.2) is 5.65 Å². The summed E-state index contributed by atoms with van der Waals surface area (Å²) in [4.78, 5) is 14.8. The molecule has 6 nitrogen and oxygen atoms in total. The third kappa shape index (κ3) is 3.12. The summed E-state index contributed by atoms with van der Waals surface area (Å²) in [7, 11) is 0. The van der Waals surface area contributed by atoms with E-state index in [0.717, 1.165) is 31.0 Å². The van der Waals surface area contributed by atoms with Crippen LogP contribution in [0.5, 0.6) is 0 Å². The number of carbonyl (C=O) groups excluding carboxylic acids is 1. The van der Waals surface area contributed by atoms with E-state index in [-0.39, 0.29) is 17.6 Å². The van der Waals surface area contributed by atoms with Gasteiger partial charge in [0.2, 0.25) is 11.9 Å². The molecule has 3 heterocycles. The van der Waals surface area contributed by atoms with E-state index in [4.69, 9.17) is 0 Å². The second-order valence-electron chi connectivity index (χ2n) is 6.67. The summed E-state index contributed by atoms with van der Waals surface area (Å²) in [5.74, 6) is 0.293. The summed E-state index contributed by atoms with van der Waals surface area (Å²) in [6.45, 7) is 3.11. The molecular weight excluding hydrogens is 333 g/mol. The molecule has 0 bridgehead atoms. The highest BCUT2D eigenvalue weighted by Crippen LogP contribution is 2.24. The van der Waals surface area contributed by atoms with Crippen LogP contribution in [-0.2, 0) is 4.79 Å². The first-order valence-electron chi connectivity index (χ1n) is 8.73. The van der Waals surface area contributed by atoms with Gasteiger partial charge in [-0.05, 0) is 55.7 Å². The number of rotatable bonds is 3. The van der Waals surface area contributed by atoms with Gasteiger partial charge in [-0.25, -0.2) is 4.39 Å². The molecule has 0 radical (unpaired) electrons. The predicted octanol–water partition coefficient (Wildman–Crippen LogP) is 3.03. The smallest absolute Gasteiger partial charge is 0.231 e. The van der Waals surface area contributed by atoms with E-state index in [1.807, 2.05) is 28.8 Å². The molecule has 1 unspecified atom stereocenters. The Kier molecular flexibility index (Phi) is 4.28. The van der Waals surface area contributed by atoms with E-state index >= 15 is 0 Å². The van der Waals surface area contributed by atoms with Gasteiger partial charge in [-0.3, -0.25) is 9.20 Å². The van der Waals surface area contributed by atoms with Crippen LogP contribution >= 0.6 is 0 Å². The van der Waals surface area contributed by atoms with Gasteiger partial charge in [-0.1, -0.05) is 6.07 Å². The molecule has 1 atom stereocenters. The minimum Gasteiger partial charge on any atom is -0.340 e. The first-order valence-corrected chi connectivity index (χ1v) is 8.73. The molecule has 1 aliphatic heterocycles. The van der Waals surface area contributed by atoms with Crippen LogP contribution in [0.2, 0.25) is 0 Å². The first kappa shape index (κ1) is 16.5. The quantitative estimate of drug-likeness (QED) is 0.786. The van der Waals surface area contributed by atoms with Crippen molar-refractivity contribution in [3.05, 3.63) is 54.0 Å². The number of benzene rings is 1. The number of anilines is 2. The molecule has 7 heteroatoms. The van der Waals surface area contributed by atoms with Gasteiger partial charge >= 0.3 is 0 Å². The highest BCUT2D eigenvalue weighted by atomic mass is 19.1. The molecule has 1 fully saturated rings. The maximum absolute atomic E-state index is 13.4. The summed E-state index contributed by atoms with van der Waals surface area (Å²) in [5, 5.41) is 11.4. The van der Waals surface area contributed by atoms with Crippen molar-refractivity contribution in [1.29, 1.82) is 0 Å². The van der Waals surface area contributed by atoms with Gasteiger partial charge in [-0.2, -0.15) is 0 Å². The maximum atomic E-state index is 13.4. The van der Waals surface area contributed by atoms with Crippen LogP contribution in [0.1, 0.15) is 18.4 Å². The number of carbonyl (C=O) groups is 1. The summed E-state index contributed by atoms with van der Waals surface area (Å²) in [5.41, 5.74) is 1.93. The zero-order valence-electron chi connectivity index (χ0n) is 14.5. The van der Waals surface area contributed by atoms with E-state index < -0.39 is 0 Å². The lowest BCUT2D eigenvalue weighted by Gasteiger charge is -2.32. The van der Waals surface area contributed by atoms with Gasteiger partial charge in [0.05, 0.1) is 5.92 Å². The van der Waals surface area contributed by atoms with Gasteiger partial charge < -0.3 is 10.2 Å². The fourth-order valence-corrected chi connectivity index (χ4v) is 3.38. The van der Waals surface area contributed by atoms with Gasteiger partial charge in [0, 0.05) is 25.0 Å². The standard InChI is InChI=1S/C19H20FN5O/c1-13-11-15(7-8-16(13)20)21-18(26)14-5-4-9-24(12-14)19-23-22-17-6-2-3-10-25(17)19/h2-3,6-8,10-11,14H,4-5,9,12H2,1H3,(H,21,26). The van der Waals surface area contributed by atoms with Crippen molar-refractivity contribution in [2.75, 3.05) is 23.3 Å². The van der Waals surface area contributed by atoms with Crippen molar-refractivity contribution < 1.29 is 9.18 Å².